The van der Waals surface area contributed by atoms with E-state index in [1.165, 1.54) is 18.2 Å². The summed E-state index contributed by atoms with van der Waals surface area (Å²) in [5.74, 6) is -1.43. The molecular formula is C14H18FNO3. The molecule has 0 saturated carbocycles. The number of nitrogen functional groups attached to an aromatic ring is 1. The van der Waals surface area contributed by atoms with Crippen LogP contribution < -0.4 is 5.73 Å². The van der Waals surface area contributed by atoms with E-state index in [2.05, 4.69) is 0 Å². The van der Waals surface area contributed by atoms with Crippen molar-refractivity contribution in [1.29, 1.82) is 0 Å². The number of hydrogen-bond donors (Lipinski definition) is 2. The minimum atomic E-state index is -1.15. The molecular weight excluding hydrogens is 249 g/mol. The van der Waals surface area contributed by atoms with E-state index in [9.17, 15) is 14.3 Å². The quantitative estimate of drug-likeness (QED) is 0.824. The lowest BCUT2D eigenvalue weighted by atomic mass is 9.71. The van der Waals surface area contributed by atoms with Gasteiger partial charge in [0.2, 0.25) is 0 Å². The summed E-state index contributed by atoms with van der Waals surface area (Å²) in [7, 11) is 0. The highest BCUT2D eigenvalue weighted by Gasteiger charge is 2.46. The van der Waals surface area contributed by atoms with Gasteiger partial charge in [-0.2, -0.15) is 0 Å². The summed E-state index contributed by atoms with van der Waals surface area (Å²) in [5, 5.41) is 9.64. The highest BCUT2D eigenvalue weighted by molar-refractivity contribution is 5.84. The van der Waals surface area contributed by atoms with Crippen LogP contribution >= 0.6 is 0 Å². The zero-order valence-corrected chi connectivity index (χ0v) is 10.9. The van der Waals surface area contributed by atoms with Crippen LogP contribution in [-0.4, -0.2) is 23.8 Å². The fourth-order valence-electron chi connectivity index (χ4n) is 2.71. The third-order valence-corrected chi connectivity index (χ3v) is 3.85. The molecule has 1 aliphatic heterocycles. The highest BCUT2D eigenvalue weighted by atomic mass is 19.1. The number of rotatable bonds is 3. The predicted molar refractivity (Wildman–Crippen MR) is 69.4 cm³/mol. The molecule has 1 heterocycles. The van der Waals surface area contributed by atoms with Crippen LogP contribution in [0.1, 0.15) is 31.7 Å². The van der Waals surface area contributed by atoms with Gasteiger partial charge in [-0.1, -0.05) is 6.92 Å². The molecule has 0 bridgehead atoms. The maximum Gasteiger partial charge on any atom is 0.314 e. The Morgan fingerprint density at radius 2 is 2.37 bits per heavy atom. The SMILES string of the molecule is CCC1CC(C(=O)O)(c2cc(F)ccc2N)CCO1. The second-order valence-electron chi connectivity index (χ2n) is 4.97. The Labute approximate surface area is 111 Å². The summed E-state index contributed by atoms with van der Waals surface area (Å²) in [6.07, 6.45) is 1.23. The Morgan fingerprint density at radius 1 is 1.63 bits per heavy atom. The summed E-state index contributed by atoms with van der Waals surface area (Å²) in [6.45, 7) is 2.29. The van der Waals surface area contributed by atoms with E-state index in [1.54, 1.807) is 0 Å². The van der Waals surface area contributed by atoms with Gasteiger partial charge in [-0.25, -0.2) is 4.39 Å². The molecule has 0 aromatic heterocycles. The van der Waals surface area contributed by atoms with Crippen LogP contribution in [0.4, 0.5) is 10.1 Å². The van der Waals surface area contributed by atoms with Crippen molar-refractivity contribution in [3.8, 4) is 0 Å². The van der Waals surface area contributed by atoms with Crippen LogP contribution in [0, 0.1) is 5.82 Å². The number of carbonyl (C=O) groups is 1. The standard InChI is InChI=1S/C14H18FNO3/c1-2-10-8-14(13(17)18,5-6-19-10)11-7-9(15)3-4-12(11)16/h3-4,7,10H,2,5-6,8,16H2,1H3,(H,17,18). The van der Waals surface area contributed by atoms with Crippen LogP contribution in [0.25, 0.3) is 0 Å². The number of hydrogen-bond acceptors (Lipinski definition) is 3. The molecule has 1 saturated heterocycles. The Kier molecular flexibility index (Phi) is 3.75. The van der Waals surface area contributed by atoms with Crippen molar-refractivity contribution in [2.24, 2.45) is 0 Å². The molecule has 19 heavy (non-hydrogen) atoms. The van der Waals surface area contributed by atoms with Crippen LogP contribution in [-0.2, 0) is 14.9 Å². The molecule has 1 aliphatic rings. The summed E-state index contributed by atoms with van der Waals surface area (Å²) in [4.78, 5) is 11.8. The van der Waals surface area contributed by atoms with E-state index in [1.807, 2.05) is 6.92 Å². The lowest BCUT2D eigenvalue weighted by Gasteiger charge is -2.38. The van der Waals surface area contributed by atoms with E-state index >= 15 is 0 Å². The molecule has 0 radical (unpaired) electrons. The number of aliphatic carboxylic acids is 1. The van der Waals surface area contributed by atoms with Gasteiger partial charge in [0.1, 0.15) is 5.82 Å². The summed E-state index contributed by atoms with van der Waals surface area (Å²) >= 11 is 0. The lowest BCUT2D eigenvalue weighted by Crippen LogP contribution is -2.45. The largest absolute Gasteiger partial charge is 0.481 e. The Balaban J connectivity index is 2.50. The smallest absolute Gasteiger partial charge is 0.314 e. The number of benzene rings is 1. The third kappa shape index (κ3) is 2.42. The average Bonchev–Trinajstić information content (AvgIpc) is 2.41. The fraction of sp³-hybridized carbons (Fsp3) is 0.500. The van der Waals surface area contributed by atoms with Gasteiger partial charge < -0.3 is 15.6 Å². The van der Waals surface area contributed by atoms with Crippen LogP contribution in [0.5, 0.6) is 0 Å². The number of carboxylic acid groups (broad SMARTS) is 1. The molecule has 0 aliphatic carbocycles. The minimum absolute atomic E-state index is 0.132. The first-order valence-corrected chi connectivity index (χ1v) is 6.40. The van der Waals surface area contributed by atoms with Crippen molar-refractivity contribution in [2.75, 3.05) is 12.3 Å². The maximum atomic E-state index is 13.4. The van der Waals surface area contributed by atoms with Crippen molar-refractivity contribution in [2.45, 2.75) is 37.7 Å². The number of halogens is 1. The van der Waals surface area contributed by atoms with E-state index in [0.717, 1.165) is 6.42 Å². The topological polar surface area (TPSA) is 72.5 Å². The van der Waals surface area contributed by atoms with E-state index in [4.69, 9.17) is 10.5 Å². The molecule has 4 nitrogen and oxygen atoms in total. The third-order valence-electron chi connectivity index (χ3n) is 3.85. The van der Waals surface area contributed by atoms with Gasteiger partial charge in [0.25, 0.3) is 0 Å². The van der Waals surface area contributed by atoms with Gasteiger partial charge in [0.05, 0.1) is 11.5 Å². The first kappa shape index (κ1) is 13.8. The Morgan fingerprint density at radius 3 is 3.00 bits per heavy atom. The van der Waals surface area contributed by atoms with E-state index < -0.39 is 17.2 Å². The molecule has 104 valence electrons. The summed E-state index contributed by atoms with van der Waals surface area (Å²) in [5.41, 5.74) is 5.39. The average molecular weight is 267 g/mol. The van der Waals surface area contributed by atoms with E-state index in [-0.39, 0.29) is 6.10 Å². The molecule has 2 atom stereocenters. The van der Waals surface area contributed by atoms with Gasteiger partial charge in [0, 0.05) is 12.3 Å². The van der Waals surface area contributed by atoms with Crippen molar-refractivity contribution in [1.82, 2.24) is 0 Å². The van der Waals surface area contributed by atoms with Gasteiger partial charge in [-0.3, -0.25) is 4.79 Å². The first-order chi connectivity index (χ1) is 8.99. The van der Waals surface area contributed by atoms with Crippen molar-refractivity contribution >= 4 is 11.7 Å². The van der Waals surface area contributed by atoms with Gasteiger partial charge in [-0.05, 0) is 43.0 Å². The van der Waals surface area contributed by atoms with Crippen LogP contribution in [0.2, 0.25) is 0 Å². The minimum Gasteiger partial charge on any atom is -0.481 e. The van der Waals surface area contributed by atoms with Crippen LogP contribution in [0.15, 0.2) is 18.2 Å². The Hall–Kier alpha value is -1.62. The van der Waals surface area contributed by atoms with Gasteiger partial charge in [-0.15, -0.1) is 0 Å². The Bertz CT molecular complexity index is 492. The molecule has 3 N–H and O–H groups in total. The molecule has 1 aromatic carbocycles. The number of anilines is 1. The van der Waals surface area contributed by atoms with Crippen molar-refractivity contribution in [3.05, 3.63) is 29.6 Å². The normalized spacial score (nSPS) is 27.2. The second-order valence-corrected chi connectivity index (χ2v) is 4.97. The highest BCUT2D eigenvalue weighted by Crippen LogP contribution is 2.41. The van der Waals surface area contributed by atoms with Gasteiger partial charge >= 0.3 is 5.97 Å². The molecule has 2 rings (SSSR count). The predicted octanol–water partition coefficient (Wildman–Crippen LogP) is 2.32. The molecule has 1 aromatic rings. The summed E-state index contributed by atoms with van der Waals surface area (Å²) < 4.78 is 19.0. The molecule has 5 heteroatoms. The molecule has 2 unspecified atom stereocenters. The van der Waals surface area contributed by atoms with Gasteiger partial charge in [0.15, 0.2) is 0 Å². The second kappa shape index (κ2) is 5.17. The molecule has 0 amide bonds. The number of nitrogens with two attached hydrogens (primary N) is 1. The number of carboxylic acids is 1. The maximum absolute atomic E-state index is 13.4. The fourth-order valence-corrected chi connectivity index (χ4v) is 2.71. The number of ether oxygens (including phenoxy) is 1. The van der Waals surface area contributed by atoms with Crippen LogP contribution in [0.3, 0.4) is 0 Å². The summed E-state index contributed by atoms with van der Waals surface area (Å²) in [6, 6.07) is 3.90. The van der Waals surface area contributed by atoms with Crippen molar-refractivity contribution < 1.29 is 19.0 Å². The zero-order valence-electron chi connectivity index (χ0n) is 10.9. The lowest BCUT2D eigenvalue weighted by molar-refractivity contribution is -0.150. The first-order valence-electron chi connectivity index (χ1n) is 6.40. The molecule has 1 fully saturated rings. The molecule has 0 spiro atoms. The zero-order chi connectivity index (χ0) is 14.0. The van der Waals surface area contributed by atoms with E-state index in [0.29, 0.717) is 30.7 Å². The monoisotopic (exact) mass is 267 g/mol. The van der Waals surface area contributed by atoms with Crippen molar-refractivity contribution in [3.63, 3.8) is 0 Å².